The van der Waals surface area contributed by atoms with Crippen molar-refractivity contribution in [3.63, 3.8) is 0 Å². The van der Waals surface area contributed by atoms with Crippen LogP contribution >= 0.6 is 0 Å². The Morgan fingerprint density at radius 3 is 2.32 bits per heavy atom. The summed E-state index contributed by atoms with van der Waals surface area (Å²) in [5.41, 5.74) is 4.17. The van der Waals surface area contributed by atoms with Gasteiger partial charge in [0.15, 0.2) is 11.5 Å². The largest absolute Gasteiger partial charge is 0.493 e. The summed E-state index contributed by atoms with van der Waals surface area (Å²) in [7, 11) is 3.31. The number of methoxy groups -OCH3 is 2. The molecule has 1 fully saturated rings. The summed E-state index contributed by atoms with van der Waals surface area (Å²) in [4.78, 5) is 15.2. The Morgan fingerprint density at radius 2 is 1.68 bits per heavy atom. The van der Waals surface area contributed by atoms with E-state index in [0.717, 1.165) is 35.3 Å². The van der Waals surface area contributed by atoms with Crippen LogP contribution in [0.2, 0.25) is 0 Å². The lowest BCUT2D eigenvalue weighted by atomic mass is 9.69. The lowest BCUT2D eigenvalue weighted by Gasteiger charge is -2.46. The lowest BCUT2D eigenvalue weighted by Crippen LogP contribution is -2.50. The molecule has 4 rings (SSSR count). The molecule has 1 saturated heterocycles. The highest BCUT2D eigenvalue weighted by atomic mass is 16.5. The van der Waals surface area contributed by atoms with E-state index < -0.39 is 0 Å². The number of ether oxygens (including phenoxy) is 3. The zero-order chi connectivity index (χ0) is 19.7. The molecule has 2 aliphatic heterocycles. The van der Waals surface area contributed by atoms with Crippen LogP contribution in [-0.2, 0) is 16.7 Å². The molecule has 2 aromatic carbocycles. The maximum absolute atomic E-state index is 13.3. The number of carbonyl (C=O) groups excluding carboxylic acids is 1. The molecule has 0 aromatic heterocycles. The van der Waals surface area contributed by atoms with Gasteiger partial charge in [0.05, 0.1) is 14.2 Å². The van der Waals surface area contributed by atoms with Gasteiger partial charge in [-0.3, -0.25) is 4.79 Å². The number of rotatable bonds is 3. The van der Waals surface area contributed by atoms with E-state index in [9.17, 15) is 4.79 Å². The average molecular weight is 381 g/mol. The van der Waals surface area contributed by atoms with Crippen LogP contribution in [0.4, 0.5) is 0 Å². The van der Waals surface area contributed by atoms with Crippen LogP contribution in [0.25, 0.3) is 0 Å². The molecule has 0 aliphatic carbocycles. The predicted molar refractivity (Wildman–Crippen MR) is 107 cm³/mol. The fraction of sp³-hybridized carbons (Fsp3) is 0.435. The first-order chi connectivity index (χ1) is 13.6. The molecule has 0 bridgehead atoms. The molecule has 2 heterocycles. The summed E-state index contributed by atoms with van der Waals surface area (Å²) in [5.74, 6) is 1.52. The third kappa shape index (κ3) is 3.24. The van der Waals surface area contributed by atoms with Gasteiger partial charge >= 0.3 is 0 Å². The van der Waals surface area contributed by atoms with Crippen molar-refractivity contribution >= 4 is 5.91 Å². The SMILES string of the molecule is COc1cc2c(cc1OC)C1(CCOCC1)CN(C(=O)c1ccc(C)cc1)C2. The standard InChI is InChI=1S/C23H27NO4/c1-16-4-6-17(7-5-16)22(25)24-14-18-12-20(26-2)21(27-3)13-19(18)23(15-24)8-10-28-11-9-23/h4-7,12-13H,8-11,14-15H2,1-3H3. The van der Waals surface area contributed by atoms with Gasteiger partial charge in [-0.25, -0.2) is 0 Å². The van der Waals surface area contributed by atoms with Gasteiger partial charge in [0.1, 0.15) is 0 Å². The number of amides is 1. The Kier molecular flexibility index (Phi) is 5.02. The first-order valence-electron chi connectivity index (χ1n) is 9.75. The third-order valence-electron chi connectivity index (χ3n) is 6.07. The van der Waals surface area contributed by atoms with Gasteiger partial charge in [-0.15, -0.1) is 0 Å². The van der Waals surface area contributed by atoms with E-state index >= 15 is 0 Å². The van der Waals surface area contributed by atoms with Crippen molar-refractivity contribution < 1.29 is 19.0 Å². The molecule has 2 aliphatic rings. The smallest absolute Gasteiger partial charge is 0.254 e. The second-order valence-electron chi connectivity index (χ2n) is 7.78. The number of nitrogens with zero attached hydrogens (tertiary/aromatic N) is 1. The topological polar surface area (TPSA) is 48.0 Å². The van der Waals surface area contributed by atoms with Crippen molar-refractivity contribution in [2.24, 2.45) is 0 Å². The van der Waals surface area contributed by atoms with Gasteiger partial charge in [-0.05, 0) is 55.2 Å². The zero-order valence-electron chi connectivity index (χ0n) is 16.8. The van der Waals surface area contributed by atoms with Crippen LogP contribution in [0.1, 0.15) is 39.9 Å². The summed E-state index contributed by atoms with van der Waals surface area (Å²) in [5, 5.41) is 0. The highest BCUT2D eigenvalue weighted by Crippen LogP contribution is 2.45. The molecule has 0 saturated carbocycles. The second-order valence-corrected chi connectivity index (χ2v) is 7.78. The molecule has 0 radical (unpaired) electrons. The van der Waals surface area contributed by atoms with Crippen LogP contribution in [0.5, 0.6) is 11.5 Å². The quantitative estimate of drug-likeness (QED) is 0.813. The van der Waals surface area contributed by atoms with Gasteiger partial charge < -0.3 is 19.1 Å². The molecule has 1 spiro atoms. The van der Waals surface area contributed by atoms with E-state index in [2.05, 4.69) is 6.07 Å². The van der Waals surface area contributed by atoms with Crippen LogP contribution in [0.15, 0.2) is 36.4 Å². The van der Waals surface area contributed by atoms with Gasteiger partial charge in [-0.2, -0.15) is 0 Å². The monoisotopic (exact) mass is 381 g/mol. The molecule has 5 heteroatoms. The molecule has 148 valence electrons. The Labute approximate surface area is 166 Å². The summed E-state index contributed by atoms with van der Waals surface area (Å²) in [6, 6.07) is 11.9. The summed E-state index contributed by atoms with van der Waals surface area (Å²) in [6.07, 6.45) is 1.79. The molecule has 0 unspecified atom stereocenters. The first-order valence-corrected chi connectivity index (χ1v) is 9.75. The molecule has 1 amide bonds. The van der Waals surface area contributed by atoms with E-state index in [0.29, 0.717) is 32.1 Å². The Morgan fingerprint density at radius 1 is 1.04 bits per heavy atom. The van der Waals surface area contributed by atoms with Crippen molar-refractivity contribution in [3.8, 4) is 11.5 Å². The minimum atomic E-state index is -0.105. The Bertz CT molecular complexity index is 869. The van der Waals surface area contributed by atoms with Crippen LogP contribution in [0.3, 0.4) is 0 Å². The van der Waals surface area contributed by atoms with Crippen LogP contribution in [0, 0.1) is 6.92 Å². The third-order valence-corrected chi connectivity index (χ3v) is 6.07. The molecule has 28 heavy (non-hydrogen) atoms. The minimum absolute atomic E-state index is 0.0753. The van der Waals surface area contributed by atoms with Crippen molar-refractivity contribution in [1.29, 1.82) is 0 Å². The van der Waals surface area contributed by atoms with Gasteiger partial charge in [0.25, 0.3) is 5.91 Å². The second kappa shape index (κ2) is 7.47. The van der Waals surface area contributed by atoms with Crippen LogP contribution < -0.4 is 9.47 Å². The highest BCUT2D eigenvalue weighted by Gasteiger charge is 2.43. The first kappa shape index (κ1) is 18.8. The Balaban J connectivity index is 1.75. The van der Waals surface area contributed by atoms with E-state index in [1.54, 1.807) is 14.2 Å². The van der Waals surface area contributed by atoms with E-state index in [4.69, 9.17) is 14.2 Å². The van der Waals surface area contributed by atoms with Crippen molar-refractivity contribution in [2.75, 3.05) is 34.0 Å². The van der Waals surface area contributed by atoms with Gasteiger partial charge in [0, 0.05) is 37.3 Å². The molecular weight excluding hydrogens is 354 g/mol. The lowest BCUT2D eigenvalue weighted by molar-refractivity contribution is 0.0236. The van der Waals surface area contributed by atoms with Crippen molar-refractivity contribution in [3.05, 3.63) is 58.7 Å². The van der Waals surface area contributed by atoms with Crippen molar-refractivity contribution in [1.82, 2.24) is 4.90 Å². The zero-order valence-corrected chi connectivity index (χ0v) is 16.8. The predicted octanol–water partition coefficient (Wildman–Crippen LogP) is 3.72. The summed E-state index contributed by atoms with van der Waals surface area (Å²) >= 11 is 0. The van der Waals surface area contributed by atoms with E-state index in [1.165, 1.54) is 5.56 Å². The summed E-state index contributed by atoms with van der Waals surface area (Å²) < 4.78 is 16.7. The Hall–Kier alpha value is -2.53. The number of fused-ring (bicyclic) bond motifs is 2. The van der Waals surface area contributed by atoms with E-state index in [1.807, 2.05) is 42.2 Å². The minimum Gasteiger partial charge on any atom is -0.493 e. The van der Waals surface area contributed by atoms with Gasteiger partial charge in [-0.1, -0.05) is 17.7 Å². The number of carbonyl (C=O) groups is 1. The molecule has 5 nitrogen and oxygen atoms in total. The fourth-order valence-corrected chi connectivity index (χ4v) is 4.47. The molecule has 0 N–H and O–H groups in total. The maximum atomic E-state index is 13.3. The van der Waals surface area contributed by atoms with E-state index in [-0.39, 0.29) is 11.3 Å². The maximum Gasteiger partial charge on any atom is 0.254 e. The van der Waals surface area contributed by atoms with Crippen LogP contribution in [-0.4, -0.2) is 44.8 Å². The number of benzene rings is 2. The number of hydrogen-bond donors (Lipinski definition) is 0. The molecule has 0 atom stereocenters. The summed E-state index contributed by atoms with van der Waals surface area (Å²) in [6.45, 7) is 4.72. The normalized spacial score (nSPS) is 17.9. The molecular formula is C23H27NO4. The van der Waals surface area contributed by atoms with Crippen molar-refractivity contribution in [2.45, 2.75) is 31.7 Å². The molecule has 2 aromatic rings. The highest BCUT2D eigenvalue weighted by molar-refractivity contribution is 5.94. The number of hydrogen-bond acceptors (Lipinski definition) is 4. The number of aryl methyl sites for hydroxylation is 1. The fourth-order valence-electron chi connectivity index (χ4n) is 4.47. The van der Waals surface area contributed by atoms with Gasteiger partial charge in [0.2, 0.25) is 0 Å². The average Bonchev–Trinajstić information content (AvgIpc) is 2.73.